The fourth-order valence-corrected chi connectivity index (χ4v) is 13.0. The predicted molar refractivity (Wildman–Crippen MR) is 177 cm³/mol. The second-order valence-corrected chi connectivity index (χ2v) is 18.3. The summed E-state index contributed by atoms with van der Waals surface area (Å²) in [6.07, 6.45) is 14.3. The molecule has 8 nitrogen and oxygen atoms in total. The van der Waals surface area contributed by atoms with Gasteiger partial charge in [-0.25, -0.2) is 0 Å². The fourth-order valence-electron chi connectivity index (χ4n) is 13.0. The molecule has 8 aliphatic rings. The molecule has 2 spiro atoms. The van der Waals surface area contributed by atoms with E-state index < -0.39 is 11.7 Å². The summed E-state index contributed by atoms with van der Waals surface area (Å²) < 4.78 is 19.6. The van der Waals surface area contributed by atoms with Crippen LogP contribution in [0.3, 0.4) is 0 Å². The second kappa shape index (κ2) is 11.7. The van der Waals surface area contributed by atoms with Gasteiger partial charge in [0.1, 0.15) is 6.10 Å². The van der Waals surface area contributed by atoms with Crippen LogP contribution in [0.2, 0.25) is 0 Å². The molecule has 0 aromatic heterocycles. The van der Waals surface area contributed by atoms with Crippen molar-refractivity contribution in [2.24, 2.45) is 51.2 Å². The smallest absolute Gasteiger partial charge is 0.223 e. The average Bonchev–Trinajstić information content (AvgIpc) is 3.94. The van der Waals surface area contributed by atoms with Crippen LogP contribution in [0.5, 0.6) is 0 Å². The van der Waals surface area contributed by atoms with Crippen molar-refractivity contribution < 1.29 is 35.8 Å². The van der Waals surface area contributed by atoms with E-state index in [2.05, 4.69) is 20.8 Å². The van der Waals surface area contributed by atoms with Crippen LogP contribution < -0.4 is 0 Å². The van der Waals surface area contributed by atoms with Gasteiger partial charge < -0.3 is 34.4 Å². The van der Waals surface area contributed by atoms with Gasteiger partial charge in [0.25, 0.3) is 0 Å². The molecule has 46 heavy (non-hydrogen) atoms. The lowest BCUT2D eigenvalue weighted by Gasteiger charge is -2.60. The van der Waals surface area contributed by atoms with E-state index in [1.165, 1.54) is 51.4 Å². The van der Waals surface area contributed by atoms with Crippen LogP contribution in [0.15, 0.2) is 0 Å². The summed E-state index contributed by atoms with van der Waals surface area (Å²) in [5.41, 5.74) is 0.216. The third kappa shape index (κ3) is 5.16. The highest BCUT2D eigenvalue weighted by Gasteiger charge is 2.80. The molecule has 0 radical (unpaired) electrons. The van der Waals surface area contributed by atoms with Crippen LogP contribution in [0.25, 0.3) is 0 Å². The molecule has 8 heteroatoms. The van der Waals surface area contributed by atoms with Gasteiger partial charge >= 0.3 is 0 Å². The van der Waals surface area contributed by atoms with E-state index in [0.29, 0.717) is 66.0 Å². The number of carbonyl (C=O) groups excluding carboxylic acids is 1. The maximum Gasteiger partial charge on any atom is 0.223 e. The number of aliphatic hydroxyl groups excluding tert-OH is 2. The first-order chi connectivity index (χ1) is 21.8. The Hall–Kier alpha value is -0.770. The molecule has 264 valence electrons. The molecule has 6 saturated carbocycles. The first-order valence-electron chi connectivity index (χ1n) is 18.8. The summed E-state index contributed by atoms with van der Waals surface area (Å²) in [4.78, 5) is 14.8. The average molecular weight is 648 g/mol. The lowest BCUT2D eigenvalue weighted by atomic mass is 9.46. The quantitative estimate of drug-likeness (QED) is 0.347. The van der Waals surface area contributed by atoms with Gasteiger partial charge in [-0.3, -0.25) is 4.79 Å². The molecule has 0 bridgehead atoms. The van der Waals surface area contributed by atoms with Crippen LogP contribution in [0.4, 0.5) is 0 Å². The summed E-state index contributed by atoms with van der Waals surface area (Å²) in [5, 5.41) is 28.3. The Bertz CT molecular complexity index is 1160. The molecule has 8 rings (SSSR count). The lowest BCUT2D eigenvalue weighted by Crippen LogP contribution is -2.56. The number of hydrogen-bond acceptors (Lipinski definition) is 7. The minimum absolute atomic E-state index is 0. The summed E-state index contributed by atoms with van der Waals surface area (Å²) >= 11 is 0. The second-order valence-electron chi connectivity index (χ2n) is 18.3. The molecule has 0 aromatic rings. The largest absolute Gasteiger partial charge is 0.400 e. The zero-order valence-corrected chi connectivity index (χ0v) is 29.5. The Kier molecular flexibility index (Phi) is 8.54. The minimum Gasteiger partial charge on any atom is -0.400 e. The van der Waals surface area contributed by atoms with Gasteiger partial charge in [-0.15, -0.1) is 0 Å². The molecular weight excluding hydrogens is 582 g/mol. The van der Waals surface area contributed by atoms with E-state index in [0.717, 1.165) is 38.7 Å². The van der Waals surface area contributed by atoms with E-state index in [1.54, 1.807) is 13.8 Å². The number of nitrogens with zero attached hydrogens (tertiary/aromatic N) is 1. The molecule has 2 heterocycles. The van der Waals surface area contributed by atoms with Crippen molar-refractivity contribution in [2.45, 2.75) is 154 Å². The normalized spacial score (nSPS) is 48.0. The summed E-state index contributed by atoms with van der Waals surface area (Å²) in [5.74, 6) is 3.64. The lowest BCUT2D eigenvalue weighted by molar-refractivity contribution is -0.244. The fraction of sp³-hybridized carbons (Fsp3) is 0.974. The summed E-state index contributed by atoms with van der Waals surface area (Å²) in [6.45, 7) is 12.8. The van der Waals surface area contributed by atoms with Gasteiger partial charge in [-0.2, -0.15) is 0 Å². The standard InChI is InChI=1S/C37H59NO6.CH4O.H2/c1-33(2)28-11-9-23-25-19-27-24(8-10-26(43-27)32(40)34(3,4)41)35(25,5)14-15-36(23)21-37(28,36)13-12-29(33)44-31-20-38(16-17-42-31)30(39)18-22-6-7-22;1-2;/h22-29,31-32,40-41H,6-21H2,1-5H3;2H,1H3;1H/t23?,24?,25?,26?,27?,28?,29-,31?,32-,35?,36-,37?;;/m0../s1. The number of rotatable bonds is 6. The van der Waals surface area contributed by atoms with Crippen molar-refractivity contribution in [1.29, 1.82) is 0 Å². The third-order valence-corrected chi connectivity index (χ3v) is 15.5. The Balaban J connectivity index is 0.00000126. The SMILES string of the molecule is CC12CC[C@@]34CC35CC[C@H](OC3CN(C(=O)CC6CC6)CCO3)C(C)(C)C5CCC4C1CC1OC([C@H](O)C(C)(C)O)CCC12.CO.[HH]. The zero-order chi connectivity index (χ0) is 32.9. The molecule has 2 saturated heterocycles. The molecule has 3 N–H and O–H groups in total. The van der Waals surface area contributed by atoms with E-state index in [4.69, 9.17) is 19.3 Å². The number of fused-ring (bicyclic) bond motifs is 4. The highest BCUT2D eigenvalue weighted by atomic mass is 16.7. The molecule has 8 fully saturated rings. The van der Waals surface area contributed by atoms with Crippen molar-refractivity contribution in [3.63, 3.8) is 0 Å². The zero-order valence-electron chi connectivity index (χ0n) is 29.5. The molecule has 6 aliphatic carbocycles. The van der Waals surface area contributed by atoms with Gasteiger partial charge in [-0.1, -0.05) is 20.8 Å². The van der Waals surface area contributed by atoms with Crippen LogP contribution in [0.1, 0.15) is 120 Å². The number of amides is 1. The van der Waals surface area contributed by atoms with E-state index in [9.17, 15) is 15.0 Å². The first kappa shape index (κ1) is 33.7. The number of ether oxygens (including phenoxy) is 3. The van der Waals surface area contributed by atoms with E-state index in [-0.39, 0.29) is 37.4 Å². The highest BCUT2D eigenvalue weighted by Crippen LogP contribution is 2.87. The molecule has 1 amide bonds. The van der Waals surface area contributed by atoms with Crippen LogP contribution in [-0.4, -0.2) is 89.2 Å². The number of aliphatic hydroxyl groups is 3. The Morgan fingerprint density at radius 1 is 0.978 bits per heavy atom. The van der Waals surface area contributed by atoms with Gasteiger partial charge in [0.15, 0.2) is 6.29 Å². The van der Waals surface area contributed by atoms with Gasteiger partial charge in [-0.05, 0) is 142 Å². The Morgan fingerprint density at radius 3 is 2.43 bits per heavy atom. The minimum atomic E-state index is -1.14. The highest BCUT2D eigenvalue weighted by molar-refractivity contribution is 5.76. The van der Waals surface area contributed by atoms with Crippen molar-refractivity contribution in [3.8, 4) is 0 Å². The number of hydrogen-bond donors (Lipinski definition) is 3. The summed E-state index contributed by atoms with van der Waals surface area (Å²) in [7, 11) is 1.00. The monoisotopic (exact) mass is 647 g/mol. The third-order valence-electron chi connectivity index (χ3n) is 15.5. The van der Waals surface area contributed by atoms with E-state index in [1.807, 2.05) is 4.90 Å². The van der Waals surface area contributed by atoms with Gasteiger partial charge in [0.2, 0.25) is 5.91 Å². The van der Waals surface area contributed by atoms with Crippen LogP contribution in [-0.2, 0) is 19.0 Å². The van der Waals surface area contributed by atoms with Crippen molar-refractivity contribution >= 4 is 5.91 Å². The maximum atomic E-state index is 12.8. The Morgan fingerprint density at radius 2 is 1.72 bits per heavy atom. The molecule has 9 unspecified atom stereocenters. The topological polar surface area (TPSA) is 109 Å². The molecule has 2 aliphatic heterocycles. The van der Waals surface area contributed by atoms with Gasteiger partial charge in [0.05, 0.1) is 37.1 Å². The number of carbonyl (C=O) groups is 1. The van der Waals surface area contributed by atoms with Gasteiger partial charge in [0, 0.05) is 21.5 Å². The van der Waals surface area contributed by atoms with E-state index >= 15 is 0 Å². The number of morpholine rings is 1. The predicted octanol–water partition coefficient (Wildman–Crippen LogP) is 5.55. The van der Waals surface area contributed by atoms with Crippen LogP contribution >= 0.6 is 0 Å². The Labute approximate surface area is 278 Å². The molecule has 0 aromatic carbocycles. The summed E-state index contributed by atoms with van der Waals surface area (Å²) in [6, 6.07) is 0. The van der Waals surface area contributed by atoms with Crippen molar-refractivity contribution in [1.82, 2.24) is 4.90 Å². The van der Waals surface area contributed by atoms with Crippen molar-refractivity contribution in [2.75, 3.05) is 26.8 Å². The first-order valence-corrected chi connectivity index (χ1v) is 18.8. The molecular formula is C38H65NO7. The van der Waals surface area contributed by atoms with Crippen LogP contribution in [0, 0.1) is 51.2 Å². The maximum absolute atomic E-state index is 12.8. The van der Waals surface area contributed by atoms with Crippen molar-refractivity contribution in [3.05, 3.63) is 0 Å². The molecule has 12 atom stereocenters.